The van der Waals surface area contributed by atoms with E-state index in [0.29, 0.717) is 5.92 Å². The lowest BCUT2D eigenvalue weighted by atomic mass is 10.1. The minimum atomic E-state index is -0.379. The molecule has 0 amide bonds. The Balaban J connectivity index is 1.85. The monoisotopic (exact) mass is 286 g/mol. The number of hydrogen-bond donors (Lipinski definition) is 1. The molecule has 1 aromatic heterocycles. The fourth-order valence-electron chi connectivity index (χ4n) is 2.89. The number of non-ortho nitro benzene ring substituents is 1. The van der Waals surface area contributed by atoms with Gasteiger partial charge >= 0.3 is 0 Å². The second kappa shape index (κ2) is 5.65. The molecule has 6 nitrogen and oxygen atoms in total. The van der Waals surface area contributed by atoms with Gasteiger partial charge in [0.1, 0.15) is 5.82 Å². The number of nitrogens with zero attached hydrogens (tertiary/aromatic N) is 3. The molecule has 2 aromatic rings. The quantitative estimate of drug-likeness (QED) is 0.689. The summed E-state index contributed by atoms with van der Waals surface area (Å²) in [7, 11) is 1.98. The molecule has 0 bridgehead atoms. The van der Waals surface area contributed by atoms with Crippen molar-refractivity contribution in [3.05, 3.63) is 40.4 Å². The predicted molar refractivity (Wildman–Crippen MR) is 82.6 cm³/mol. The van der Waals surface area contributed by atoms with Gasteiger partial charge in [-0.25, -0.2) is 4.98 Å². The maximum absolute atomic E-state index is 10.8. The lowest BCUT2D eigenvalue weighted by Crippen LogP contribution is -2.24. The Bertz CT molecular complexity index is 674. The fourth-order valence-corrected chi connectivity index (χ4v) is 2.89. The third-order valence-electron chi connectivity index (χ3n) is 3.97. The van der Waals surface area contributed by atoms with Crippen molar-refractivity contribution in [1.29, 1.82) is 0 Å². The van der Waals surface area contributed by atoms with E-state index in [2.05, 4.69) is 15.2 Å². The summed E-state index contributed by atoms with van der Waals surface area (Å²) in [6.07, 6.45) is 1.17. The van der Waals surface area contributed by atoms with Crippen LogP contribution < -0.4 is 10.2 Å². The molecule has 1 aromatic carbocycles. The first kappa shape index (κ1) is 13.8. The van der Waals surface area contributed by atoms with Gasteiger partial charge in [-0.15, -0.1) is 0 Å². The first-order valence-electron chi connectivity index (χ1n) is 7.12. The average Bonchev–Trinajstić information content (AvgIpc) is 2.95. The molecular formula is C15H18N4O2. The zero-order chi connectivity index (χ0) is 14.8. The highest BCUT2D eigenvalue weighted by Crippen LogP contribution is 2.26. The molecule has 1 aliphatic heterocycles. The summed E-state index contributed by atoms with van der Waals surface area (Å²) in [5, 5.41) is 14.8. The molecule has 0 radical (unpaired) electrons. The molecule has 1 N–H and O–H groups in total. The molecule has 6 heteroatoms. The van der Waals surface area contributed by atoms with E-state index in [9.17, 15) is 10.1 Å². The molecule has 1 aliphatic rings. The number of nitrogens with one attached hydrogen (secondary N) is 1. The summed E-state index contributed by atoms with van der Waals surface area (Å²) in [6.45, 7) is 3.04. The molecular weight excluding hydrogens is 268 g/mol. The van der Waals surface area contributed by atoms with E-state index >= 15 is 0 Å². The smallest absolute Gasteiger partial charge is 0.270 e. The van der Waals surface area contributed by atoms with Crippen LogP contribution in [0.15, 0.2) is 30.3 Å². The third-order valence-corrected chi connectivity index (χ3v) is 3.97. The maximum atomic E-state index is 10.8. The van der Waals surface area contributed by atoms with Gasteiger partial charge in [0.15, 0.2) is 0 Å². The van der Waals surface area contributed by atoms with Gasteiger partial charge < -0.3 is 10.2 Å². The van der Waals surface area contributed by atoms with Gasteiger partial charge in [-0.05, 0) is 44.1 Å². The number of anilines is 1. The van der Waals surface area contributed by atoms with Crippen molar-refractivity contribution in [3.8, 4) is 0 Å². The van der Waals surface area contributed by atoms with Crippen LogP contribution in [0.25, 0.3) is 10.9 Å². The van der Waals surface area contributed by atoms with Crippen LogP contribution in [0, 0.1) is 16.0 Å². The second-order valence-corrected chi connectivity index (χ2v) is 5.46. The number of nitro benzene ring substituents is 1. The van der Waals surface area contributed by atoms with Crippen molar-refractivity contribution < 1.29 is 4.92 Å². The van der Waals surface area contributed by atoms with Crippen LogP contribution in [0.2, 0.25) is 0 Å². The Morgan fingerprint density at radius 3 is 3.05 bits per heavy atom. The Labute approximate surface area is 122 Å². The van der Waals surface area contributed by atoms with E-state index in [1.165, 1.54) is 12.5 Å². The van der Waals surface area contributed by atoms with Gasteiger partial charge in [-0.1, -0.05) is 0 Å². The van der Waals surface area contributed by atoms with E-state index in [1.807, 2.05) is 19.2 Å². The average molecular weight is 286 g/mol. The van der Waals surface area contributed by atoms with Crippen LogP contribution in [-0.4, -0.2) is 36.6 Å². The molecule has 1 atom stereocenters. The second-order valence-electron chi connectivity index (χ2n) is 5.46. The molecule has 1 unspecified atom stereocenters. The lowest BCUT2D eigenvalue weighted by molar-refractivity contribution is -0.384. The largest absolute Gasteiger partial charge is 0.356 e. The van der Waals surface area contributed by atoms with E-state index in [0.717, 1.165) is 36.4 Å². The molecule has 110 valence electrons. The Kier molecular flexibility index (Phi) is 3.70. The first-order chi connectivity index (χ1) is 10.2. The third kappa shape index (κ3) is 2.80. The molecule has 21 heavy (non-hydrogen) atoms. The summed E-state index contributed by atoms with van der Waals surface area (Å²) >= 11 is 0. The summed E-state index contributed by atoms with van der Waals surface area (Å²) in [6, 6.07) is 8.66. The number of nitro groups is 1. The number of benzene rings is 1. The molecule has 3 rings (SSSR count). The molecule has 0 saturated carbocycles. The van der Waals surface area contributed by atoms with Gasteiger partial charge in [-0.2, -0.15) is 0 Å². The number of pyridine rings is 1. The van der Waals surface area contributed by atoms with Crippen LogP contribution in [0.5, 0.6) is 0 Å². The number of aromatic nitrogens is 1. The zero-order valence-electron chi connectivity index (χ0n) is 12.0. The summed E-state index contributed by atoms with van der Waals surface area (Å²) in [5.41, 5.74) is 0.905. The topological polar surface area (TPSA) is 71.3 Å². The standard InChI is InChI=1S/C15H18N4O2/c1-16-9-11-6-7-18(10-11)15-5-2-12-8-13(19(20)21)3-4-14(12)17-15/h2-5,8,11,16H,6-7,9-10H2,1H3. The molecule has 2 heterocycles. The molecule has 0 aliphatic carbocycles. The highest BCUT2D eigenvalue weighted by atomic mass is 16.6. The number of fused-ring (bicyclic) bond motifs is 1. The highest BCUT2D eigenvalue weighted by Gasteiger charge is 2.23. The van der Waals surface area contributed by atoms with Gasteiger partial charge in [0.25, 0.3) is 5.69 Å². The fraction of sp³-hybridized carbons (Fsp3) is 0.400. The normalized spacial score (nSPS) is 18.3. The Morgan fingerprint density at radius 2 is 2.29 bits per heavy atom. The van der Waals surface area contributed by atoms with Crippen molar-refractivity contribution in [2.24, 2.45) is 5.92 Å². The Hall–Kier alpha value is -2.21. The maximum Gasteiger partial charge on any atom is 0.270 e. The van der Waals surface area contributed by atoms with Crippen LogP contribution in [0.3, 0.4) is 0 Å². The van der Waals surface area contributed by atoms with Crippen LogP contribution in [-0.2, 0) is 0 Å². The zero-order valence-corrected chi connectivity index (χ0v) is 12.0. The van der Waals surface area contributed by atoms with Gasteiger partial charge in [-0.3, -0.25) is 10.1 Å². The minimum Gasteiger partial charge on any atom is -0.356 e. The molecule has 1 saturated heterocycles. The van der Waals surface area contributed by atoms with Gasteiger partial charge in [0.05, 0.1) is 10.4 Å². The van der Waals surface area contributed by atoms with E-state index in [1.54, 1.807) is 12.1 Å². The van der Waals surface area contributed by atoms with Crippen molar-refractivity contribution >= 4 is 22.4 Å². The SMILES string of the molecule is CNCC1CCN(c2ccc3cc([N+](=O)[O-])ccc3n2)C1. The van der Waals surface area contributed by atoms with Crippen molar-refractivity contribution in [1.82, 2.24) is 10.3 Å². The molecule has 1 fully saturated rings. The van der Waals surface area contributed by atoms with Gasteiger partial charge in [0, 0.05) is 30.6 Å². The lowest BCUT2D eigenvalue weighted by Gasteiger charge is -2.18. The number of rotatable bonds is 4. The van der Waals surface area contributed by atoms with Crippen LogP contribution in [0.1, 0.15) is 6.42 Å². The highest BCUT2D eigenvalue weighted by molar-refractivity contribution is 5.82. The van der Waals surface area contributed by atoms with E-state index < -0.39 is 0 Å². The van der Waals surface area contributed by atoms with E-state index in [-0.39, 0.29) is 10.6 Å². The summed E-state index contributed by atoms with van der Waals surface area (Å²) < 4.78 is 0. The predicted octanol–water partition coefficient (Wildman–Crippen LogP) is 2.19. The van der Waals surface area contributed by atoms with E-state index in [4.69, 9.17) is 0 Å². The van der Waals surface area contributed by atoms with Crippen LogP contribution >= 0.6 is 0 Å². The van der Waals surface area contributed by atoms with Crippen molar-refractivity contribution in [3.63, 3.8) is 0 Å². The minimum absolute atomic E-state index is 0.104. The van der Waals surface area contributed by atoms with Crippen molar-refractivity contribution in [2.45, 2.75) is 6.42 Å². The summed E-state index contributed by atoms with van der Waals surface area (Å²) in [4.78, 5) is 17.3. The first-order valence-corrected chi connectivity index (χ1v) is 7.12. The summed E-state index contributed by atoms with van der Waals surface area (Å²) in [5.74, 6) is 1.61. The van der Waals surface area contributed by atoms with Crippen molar-refractivity contribution in [2.75, 3.05) is 31.6 Å². The molecule has 0 spiro atoms. The Morgan fingerprint density at radius 1 is 1.43 bits per heavy atom. The van der Waals surface area contributed by atoms with Gasteiger partial charge in [0.2, 0.25) is 0 Å². The van der Waals surface area contributed by atoms with Crippen LogP contribution in [0.4, 0.5) is 11.5 Å². The number of hydrogen-bond acceptors (Lipinski definition) is 5.